The van der Waals surface area contributed by atoms with Gasteiger partial charge in [-0.15, -0.1) is 0 Å². The lowest BCUT2D eigenvalue weighted by atomic mass is 10.1. The number of benzene rings is 1. The third-order valence-electron chi connectivity index (χ3n) is 4.05. The molecule has 1 aliphatic rings. The molecule has 0 aliphatic carbocycles. The van der Waals surface area contributed by atoms with Gasteiger partial charge in [-0.3, -0.25) is 4.79 Å². The molecule has 2 unspecified atom stereocenters. The van der Waals surface area contributed by atoms with Gasteiger partial charge in [-0.25, -0.2) is 8.42 Å². The number of nitrogens with one attached hydrogen (secondary N) is 1. The van der Waals surface area contributed by atoms with Crippen molar-refractivity contribution in [1.29, 1.82) is 0 Å². The molecule has 1 N–H and O–H groups in total. The monoisotopic (exact) mass is 358 g/mol. The van der Waals surface area contributed by atoms with Crippen molar-refractivity contribution in [2.75, 3.05) is 12.3 Å². The highest BCUT2D eigenvalue weighted by Gasteiger charge is 2.38. The molecular formula is C16H23ClN2O3S. The van der Waals surface area contributed by atoms with Gasteiger partial charge in [0.2, 0.25) is 15.9 Å². The average molecular weight is 359 g/mol. The Morgan fingerprint density at radius 1 is 1.39 bits per heavy atom. The topological polar surface area (TPSA) is 66.5 Å². The zero-order valence-corrected chi connectivity index (χ0v) is 15.0. The minimum atomic E-state index is -3.36. The molecule has 2 rings (SSSR count). The number of carbonyl (C=O) groups excluding carboxylic acids is 1. The third-order valence-corrected chi connectivity index (χ3v) is 6.38. The lowest BCUT2D eigenvalue weighted by molar-refractivity contribution is -0.124. The summed E-state index contributed by atoms with van der Waals surface area (Å²) >= 11 is 5.86. The molecular weight excluding hydrogens is 336 g/mol. The van der Waals surface area contributed by atoms with E-state index in [4.69, 9.17) is 11.6 Å². The van der Waals surface area contributed by atoms with Gasteiger partial charge in [0, 0.05) is 11.6 Å². The van der Waals surface area contributed by atoms with Crippen LogP contribution in [-0.2, 0) is 14.8 Å². The molecule has 1 aromatic carbocycles. The Balaban J connectivity index is 2.06. The highest BCUT2D eigenvalue weighted by molar-refractivity contribution is 7.89. The number of halogens is 1. The van der Waals surface area contributed by atoms with Gasteiger partial charge in [0.05, 0.1) is 11.8 Å². The fourth-order valence-corrected chi connectivity index (χ4v) is 4.73. The third kappa shape index (κ3) is 4.46. The van der Waals surface area contributed by atoms with Crippen LogP contribution in [0.3, 0.4) is 0 Å². The molecule has 7 heteroatoms. The number of hydrogen-bond donors (Lipinski definition) is 1. The van der Waals surface area contributed by atoms with Crippen LogP contribution in [0.15, 0.2) is 24.3 Å². The molecule has 2 atom stereocenters. The first kappa shape index (κ1) is 18.2. The molecule has 1 fully saturated rings. The maximum absolute atomic E-state index is 12.5. The second-order valence-electron chi connectivity index (χ2n) is 5.87. The van der Waals surface area contributed by atoms with Crippen LogP contribution in [0.25, 0.3) is 0 Å². The first-order valence-corrected chi connectivity index (χ1v) is 9.89. The zero-order valence-electron chi connectivity index (χ0n) is 13.5. The van der Waals surface area contributed by atoms with E-state index in [-0.39, 0.29) is 17.7 Å². The second kappa shape index (κ2) is 7.64. The van der Waals surface area contributed by atoms with Crippen LogP contribution in [0.2, 0.25) is 5.02 Å². The van der Waals surface area contributed by atoms with Gasteiger partial charge in [-0.1, -0.05) is 30.7 Å². The molecule has 128 valence electrons. The molecule has 1 heterocycles. The van der Waals surface area contributed by atoms with Crippen LogP contribution in [0.4, 0.5) is 0 Å². The van der Waals surface area contributed by atoms with Crippen molar-refractivity contribution in [3.63, 3.8) is 0 Å². The van der Waals surface area contributed by atoms with Crippen molar-refractivity contribution in [2.45, 2.75) is 45.2 Å². The Kier molecular flexibility index (Phi) is 6.06. The summed E-state index contributed by atoms with van der Waals surface area (Å²) in [4.78, 5) is 12.5. The summed E-state index contributed by atoms with van der Waals surface area (Å²) in [7, 11) is -3.36. The maximum Gasteiger partial charge on any atom is 0.238 e. The molecule has 0 spiro atoms. The molecule has 1 aliphatic heterocycles. The molecule has 0 bridgehead atoms. The van der Waals surface area contributed by atoms with Gasteiger partial charge in [-0.2, -0.15) is 4.31 Å². The van der Waals surface area contributed by atoms with Crippen LogP contribution in [0, 0.1) is 0 Å². The Labute approximate surface area is 143 Å². The van der Waals surface area contributed by atoms with E-state index < -0.39 is 16.1 Å². The summed E-state index contributed by atoms with van der Waals surface area (Å²) in [6, 6.07) is 6.46. The van der Waals surface area contributed by atoms with Crippen molar-refractivity contribution >= 4 is 27.5 Å². The van der Waals surface area contributed by atoms with Crippen LogP contribution in [-0.4, -0.2) is 37.0 Å². The minimum Gasteiger partial charge on any atom is -0.348 e. The van der Waals surface area contributed by atoms with Crippen molar-refractivity contribution < 1.29 is 13.2 Å². The standard InChI is InChI=1S/C16H23ClN2O3S/c1-3-11-23(21,22)19-10-4-5-15(19)16(20)18-12(2)13-6-8-14(17)9-7-13/h6-9,12,15H,3-5,10-11H2,1-2H3,(H,18,20). The molecule has 1 saturated heterocycles. The fraction of sp³-hybridized carbons (Fsp3) is 0.562. The zero-order chi connectivity index (χ0) is 17.0. The number of nitrogens with zero attached hydrogens (tertiary/aromatic N) is 1. The van der Waals surface area contributed by atoms with Gasteiger partial charge in [-0.05, 0) is 43.9 Å². The van der Waals surface area contributed by atoms with E-state index in [9.17, 15) is 13.2 Å². The Morgan fingerprint density at radius 2 is 2.04 bits per heavy atom. The van der Waals surface area contributed by atoms with E-state index in [2.05, 4.69) is 5.32 Å². The average Bonchev–Trinajstić information content (AvgIpc) is 2.98. The summed E-state index contributed by atoms with van der Waals surface area (Å²) in [6.07, 6.45) is 1.84. The highest BCUT2D eigenvalue weighted by Crippen LogP contribution is 2.23. The Bertz CT molecular complexity index is 646. The Morgan fingerprint density at radius 3 is 2.65 bits per heavy atom. The molecule has 1 aromatic rings. The lowest BCUT2D eigenvalue weighted by Gasteiger charge is -2.25. The molecule has 0 radical (unpaired) electrons. The van der Waals surface area contributed by atoms with E-state index in [1.54, 1.807) is 12.1 Å². The number of carbonyl (C=O) groups is 1. The van der Waals surface area contributed by atoms with Gasteiger partial charge < -0.3 is 5.32 Å². The van der Waals surface area contributed by atoms with Crippen molar-refractivity contribution in [1.82, 2.24) is 9.62 Å². The summed E-state index contributed by atoms with van der Waals surface area (Å²) in [5.74, 6) is -0.145. The summed E-state index contributed by atoms with van der Waals surface area (Å²) < 4.78 is 25.9. The molecule has 1 amide bonds. The highest BCUT2D eigenvalue weighted by atomic mass is 35.5. The van der Waals surface area contributed by atoms with Crippen LogP contribution < -0.4 is 5.32 Å². The maximum atomic E-state index is 12.5. The number of hydrogen-bond acceptors (Lipinski definition) is 3. The van der Waals surface area contributed by atoms with Crippen molar-refractivity contribution in [2.24, 2.45) is 0 Å². The fourth-order valence-electron chi connectivity index (χ4n) is 2.85. The van der Waals surface area contributed by atoms with E-state index >= 15 is 0 Å². The van der Waals surface area contributed by atoms with E-state index in [0.717, 1.165) is 12.0 Å². The predicted molar refractivity (Wildman–Crippen MR) is 91.8 cm³/mol. The largest absolute Gasteiger partial charge is 0.348 e. The first-order chi connectivity index (χ1) is 10.8. The normalized spacial score (nSPS) is 20.4. The second-order valence-corrected chi connectivity index (χ2v) is 8.34. The van der Waals surface area contributed by atoms with Crippen molar-refractivity contribution in [3.8, 4) is 0 Å². The van der Waals surface area contributed by atoms with Gasteiger partial charge in [0.15, 0.2) is 0 Å². The molecule has 23 heavy (non-hydrogen) atoms. The van der Waals surface area contributed by atoms with E-state index in [0.29, 0.717) is 24.4 Å². The van der Waals surface area contributed by atoms with Crippen molar-refractivity contribution in [3.05, 3.63) is 34.9 Å². The van der Waals surface area contributed by atoms with Crippen LogP contribution >= 0.6 is 11.6 Å². The van der Waals surface area contributed by atoms with Crippen LogP contribution in [0.1, 0.15) is 44.7 Å². The van der Waals surface area contributed by atoms with Crippen LogP contribution in [0.5, 0.6) is 0 Å². The van der Waals surface area contributed by atoms with Gasteiger partial charge >= 0.3 is 0 Å². The summed E-state index contributed by atoms with van der Waals surface area (Å²) in [6.45, 7) is 4.13. The molecule has 5 nitrogen and oxygen atoms in total. The number of rotatable bonds is 6. The minimum absolute atomic E-state index is 0.0868. The lowest BCUT2D eigenvalue weighted by Crippen LogP contribution is -2.47. The summed E-state index contributed by atoms with van der Waals surface area (Å²) in [5.41, 5.74) is 0.934. The predicted octanol–water partition coefficient (Wildman–Crippen LogP) is 2.72. The molecule has 0 saturated carbocycles. The summed E-state index contributed by atoms with van der Waals surface area (Å²) in [5, 5.41) is 3.55. The van der Waals surface area contributed by atoms with Gasteiger partial charge in [0.1, 0.15) is 6.04 Å². The van der Waals surface area contributed by atoms with E-state index in [1.165, 1.54) is 4.31 Å². The number of amides is 1. The quantitative estimate of drug-likeness (QED) is 0.850. The SMILES string of the molecule is CCCS(=O)(=O)N1CCCC1C(=O)NC(C)c1ccc(Cl)cc1. The smallest absolute Gasteiger partial charge is 0.238 e. The van der Waals surface area contributed by atoms with E-state index in [1.807, 2.05) is 26.0 Å². The Hall–Kier alpha value is -1.11. The first-order valence-electron chi connectivity index (χ1n) is 7.90. The number of sulfonamides is 1. The van der Waals surface area contributed by atoms with Gasteiger partial charge in [0.25, 0.3) is 0 Å². The molecule has 0 aromatic heterocycles.